The molecule has 0 aliphatic rings. The van der Waals surface area contributed by atoms with Gasteiger partial charge in [0.15, 0.2) is 11.6 Å². The number of imidazole rings is 1. The topological polar surface area (TPSA) is 98.1 Å². The number of ether oxygens (including phenoxy) is 1. The molecule has 33 heavy (non-hydrogen) atoms. The molecule has 0 spiro atoms. The van der Waals surface area contributed by atoms with Crippen LogP contribution in [0.1, 0.15) is 15.9 Å². The first kappa shape index (κ1) is 22.0. The molecule has 2 heterocycles. The van der Waals surface area contributed by atoms with E-state index in [1.165, 1.54) is 33.5 Å². The molecular weight excluding hydrogens is 434 g/mol. The largest absolute Gasteiger partial charge is 0.492 e. The molecular formula is C23H20F2N4O4. The van der Waals surface area contributed by atoms with Gasteiger partial charge in [0.1, 0.15) is 17.9 Å². The molecule has 0 radical (unpaired) electrons. The number of amides is 1. The number of halogens is 2. The van der Waals surface area contributed by atoms with E-state index in [9.17, 15) is 23.2 Å². The molecule has 2 aromatic carbocycles. The molecule has 0 saturated heterocycles. The highest BCUT2D eigenvalue weighted by Crippen LogP contribution is 2.17. The molecule has 170 valence electrons. The average molecular weight is 454 g/mol. The second kappa shape index (κ2) is 9.11. The number of nitrogens with one attached hydrogen (secondary N) is 2. The summed E-state index contributed by atoms with van der Waals surface area (Å²) >= 11 is 0. The summed E-state index contributed by atoms with van der Waals surface area (Å²) in [6.45, 7) is 0.272. The van der Waals surface area contributed by atoms with Crippen molar-refractivity contribution >= 4 is 16.9 Å². The molecule has 4 rings (SSSR count). The summed E-state index contributed by atoms with van der Waals surface area (Å²) in [6.07, 6.45) is 1.47. The van der Waals surface area contributed by atoms with Crippen LogP contribution in [0.25, 0.3) is 11.0 Å². The van der Waals surface area contributed by atoms with Crippen LogP contribution in [0.15, 0.2) is 64.3 Å². The fraction of sp³-hybridized carbons (Fsp3) is 0.174. The number of benzene rings is 2. The third-order valence-electron chi connectivity index (χ3n) is 5.13. The van der Waals surface area contributed by atoms with E-state index in [2.05, 4.69) is 10.3 Å². The van der Waals surface area contributed by atoms with Gasteiger partial charge in [-0.3, -0.25) is 14.2 Å². The van der Waals surface area contributed by atoms with Crippen LogP contribution in [0.2, 0.25) is 0 Å². The Labute approximate surface area is 186 Å². The van der Waals surface area contributed by atoms with Crippen molar-refractivity contribution < 1.29 is 18.3 Å². The van der Waals surface area contributed by atoms with Crippen LogP contribution in [-0.4, -0.2) is 33.2 Å². The molecule has 4 aromatic rings. The number of fused-ring (bicyclic) bond motifs is 1. The molecule has 0 unspecified atom stereocenters. The summed E-state index contributed by atoms with van der Waals surface area (Å²) in [5.74, 6) is -2.04. The maximum absolute atomic E-state index is 13.4. The Bertz CT molecular complexity index is 1460. The van der Waals surface area contributed by atoms with Gasteiger partial charge >= 0.3 is 5.69 Å². The standard InChI is InChI=1S/C23H20F2N4O4/c1-28-20-7-5-15(12-19(20)27-23(28)32)33-10-8-26-21(30)16-3-2-9-29(22(16)31)13-14-4-6-17(24)18(25)11-14/h2-7,9,11-12H,8,10,13H2,1H3,(H,26,30)(H,27,32). The fourth-order valence-corrected chi connectivity index (χ4v) is 3.40. The third-order valence-corrected chi connectivity index (χ3v) is 5.13. The van der Waals surface area contributed by atoms with Gasteiger partial charge in [0.25, 0.3) is 11.5 Å². The fourth-order valence-electron chi connectivity index (χ4n) is 3.40. The summed E-state index contributed by atoms with van der Waals surface area (Å²) in [5, 5.41) is 2.62. The van der Waals surface area contributed by atoms with Gasteiger partial charge in [-0.25, -0.2) is 13.6 Å². The van der Waals surface area contributed by atoms with Gasteiger partial charge in [0.2, 0.25) is 0 Å². The number of hydrogen-bond acceptors (Lipinski definition) is 4. The Hall–Kier alpha value is -4.21. The van der Waals surface area contributed by atoms with Crippen LogP contribution in [0.3, 0.4) is 0 Å². The van der Waals surface area contributed by atoms with E-state index < -0.39 is 23.1 Å². The zero-order valence-corrected chi connectivity index (χ0v) is 17.6. The highest BCUT2D eigenvalue weighted by molar-refractivity contribution is 5.93. The molecule has 10 heteroatoms. The molecule has 8 nitrogen and oxygen atoms in total. The predicted octanol–water partition coefficient (Wildman–Crippen LogP) is 2.16. The first-order valence-electron chi connectivity index (χ1n) is 10.1. The Balaban J connectivity index is 1.36. The lowest BCUT2D eigenvalue weighted by molar-refractivity contribution is 0.0945. The second-order valence-electron chi connectivity index (χ2n) is 7.38. The minimum absolute atomic E-state index is 0.00960. The summed E-state index contributed by atoms with van der Waals surface area (Å²) in [7, 11) is 1.66. The smallest absolute Gasteiger partial charge is 0.326 e. The highest BCUT2D eigenvalue weighted by atomic mass is 19.2. The van der Waals surface area contributed by atoms with Crippen LogP contribution in [-0.2, 0) is 13.6 Å². The molecule has 2 aromatic heterocycles. The van der Waals surface area contributed by atoms with E-state index in [-0.39, 0.29) is 30.9 Å². The third kappa shape index (κ3) is 4.69. The van der Waals surface area contributed by atoms with Crippen molar-refractivity contribution in [3.63, 3.8) is 0 Å². The molecule has 0 bridgehead atoms. The molecule has 0 atom stereocenters. The number of H-pyrrole nitrogens is 1. The number of aromatic nitrogens is 3. The molecule has 0 saturated carbocycles. The second-order valence-corrected chi connectivity index (χ2v) is 7.38. The van der Waals surface area contributed by atoms with Gasteiger partial charge < -0.3 is 19.6 Å². The van der Waals surface area contributed by atoms with E-state index in [1.54, 1.807) is 25.2 Å². The quantitative estimate of drug-likeness (QED) is 0.418. The summed E-state index contributed by atoms with van der Waals surface area (Å²) in [4.78, 5) is 39.5. The van der Waals surface area contributed by atoms with Gasteiger partial charge in [-0.1, -0.05) is 6.07 Å². The van der Waals surface area contributed by atoms with E-state index in [0.29, 0.717) is 16.8 Å². The van der Waals surface area contributed by atoms with E-state index in [1.807, 2.05) is 0 Å². The van der Waals surface area contributed by atoms with Gasteiger partial charge in [-0.2, -0.15) is 0 Å². The van der Waals surface area contributed by atoms with Crippen molar-refractivity contribution in [1.29, 1.82) is 0 Å². The molecule has 0 aliphatic carbocycles. The number of aryl methyl sites for hydroxylation is 1. The van der Waals surface area contributed by atoms with Gasteiger partial charge in [-0.05, 0) is 42.0 Å². The van der Waals surface area contributed by atoms with Gasteiger partial charge in [0.05, 0.1) is 24.1 Å². The van der Waals surface area contributed by atoms with Crippen molar-refractivity contribution in [2.45, 2.75) is 6.54 Å². The maximum atomic E-state index is 13.4. The highest BCUT2D eigenvalue weighted by Gasteiger charge is 2.13. The SMILES string of the molecule is Cn1c(=O)[nH]c2cc(OCCNC(=O)c3cccn(Cc4ccc(F)c(F)c4)c3=O)ccc21. The lowest BCUT2D eigenvalue weighted by Gasteiger charge is -2.10. The Morgan fingerprint density at radius 1 is 1.09 bits per heavy atom. The predicted molar refractivity (Wildman–Crippen MR) is 118 cm³/mol. The van der Waals surface area contributed by atoms with Crippen molar-refractivity contribution in [3.8, 4) is 5.75 Å². The van der Waals surface area contributed by atoms with Crippen molar-refractivity contribution in [2.75, 3.05) is 13.2 Å². The summed E-state index contributed by atoms with van der Waals surface area (Å²) < 4.78 is 34.9. The van der Waals surface area contributed by atoms with Crippen LogP contribution in [0.4, 0.5) is 8.78 Å². The Kier molecular flexibility index (Phi) is 6.07. The zero-order chi connectivity index (χ0) is 23.5. The first-order valence-corrected chi connectivity index (χ1v) is 10.1. The number of hydrogen-bond donors (Lipinski definition) is 2. The minimum atomic E-state index is -1.01. The number of rotatable bonds is 7. The van der Waals surface area contributed by atoms with E-state index in [0.717, 1.165) is 17.6 Å². The molecule has 0 fully saturated rings. The number of aromatic amines is 1. The van der Waals surface area contributed by atoms with Crippen molar-refractivity contribution in [1.82, 2.24) is 19.4 Å². The van der Waals surface area contributed by atoms with Crippen LogP contribution in [0, 0.1) is 11.6 Å². The monoisotopic (exact) mass is 454 g/mol. The number of carbonyl (C=O) groups is 1. The van der Waals surface area contributed by atoms with Crippen molar-refractivity contribution in [2.24, 2.45) is 7.05 Å². The van der Waals surface area contributed by atoms with Crippen LogP contribution in [0.5, 0.6) is 5.75 Å². The zero-order valence-electron chi connectivity index (χ0n) is 17.6. The molecule has 1 amide bonds. The van der Waals surface area contributed by atoms with E-state index in [4.69, 9.17) is 4.74 Å². The Morgan fingerprint density at radius 3 is 2.70 bits per heavy atom. The van der Waals surface area contributed by atoms with Crippen LogP contribution < -0.4 is 21.3 Å². The summed E-state index contributed by atoms with van der Waals surface area (Å²) in [6, 6.07) is 11.4. The first-order chi connectivity index (χ1) is 15.8. The minimum Gasteiger partial charge on any atom is -0.492 e. The average Bonchev–Trinajstić information content (AvgIpc) is 3.08. The normalized spacial score (nSPS) is 11.0. The lowest BCUT2D eigenvalue weighted by Crippen LogP contribution is -2.34. The van der Waals surface area contributed by atoms with E-state index >= 15 is 0 Å². The van der Waals surface area contributed by atoms with Gasteiger partial charge in [-0.15, -0.1) is 0 Å². The number of pyridine rings is 1. The Morgan fingerprint density at radius 2 is 1.91 bits per heavy atom. The van der Waals surface area contributed by atoms with Crippen LogP contribution >= 0.6 is 0 Å². The molecule has 2 N–H and O–H groups in total. The van der Waals surface area contributed by atoms with Gasteiger partial charge in [0, 0.05) is 19.3 Å². The van der Waals surface area contributed by atoms with Crippen molar-refractivity contribution in [3.05, 3.63) is 98.3 Å². The molecule has 0 aliphatic heterocycles. The lowest BCUT2D eigenvalue weighted by atomic mass is 10.2. The summed E-state index contributed by atoms with van der Waals surface area (Å²) in [5.41, 5.74) is 0.896. The number of nitrogens with zero attached hydrogens (tertiary/aromatic N) is 2. The number of carbonyl (C=O) groups excluding carboxylic acids is 1. The maximum Gasteiger partial charge on any atom is 0.326 e.